The van der Waals surface area contributed by atoms with E-state index >= 15 is 0 Å². The highest BCUT2D eigenvalue weighted by molar-refractivity contribution is 5.87. The van der Waals surface area contributed by atoms with Crippen LogP contribution in [-0.4, -0.2) is 10.2 Å². The van der Waals surface area contributed by atoms with Gasteiger partial charge in [0.05, 0.1) is 6.61 Å². The molecule has 3 aromatic carbocycles. The first kappa shape index (κ1) is 22.1. The van der Waals surface area contributed by atoms with Crippen LogP contribution in [0.3, 0.4) is 0 Å². The lowest BCUT2D eigenvalue weighted by atomic mass is 9.75. The zero-order valence-electron chi connectivity index (χ0n) is 18.5. The number of rotatable bonds is 9. The molecule has 30 heavy (non-hydrogen) atoms. The van der Waals surface area contributed by atoms with Gasteiger partial charge in [-0.1, -0.05) is 101 Å². The molecule has 0 saturated carbocycles. The maximum absolute atomic E-state index is 10.5. The summed E-state index contributed by atoms with van der Waals surface area (Å²) in [6.45, 7) is 6.80. The molecule has 158 valence electrons. The monoisotopic (exact) mass is 402 g/mol. The zero-order chi connectivity index (χ0) is 21.6. The van der Waals surface area contributed by atoms with Crippen LogP contribution < -0.4 is 0 Å². The van der Waals surface area contributed by atoms with Gasteiger partial charge in [-0.3, -0.25) is 0 Å². The Morgan fingerprint density at radius 1 is 0.767 bits per heavy atom. The van der Waals surface area contributed by atoms with E-state index in [4.69, 9.17) is 0 Å². The van der Waals surface area contributed by atoms with Crippen molar-refractivity contribution in [2.24, 2.45) is 0 Å². The van der Waals surface area contributed by atoms with E-state index in [1.54, 1.807) is 12.1 Å². The van der Waals surface area contributed by atoms with Gasteiger partial charge in [0.25, 0.3) is 0 Å². The fourth-order valence-corrected chi connectivity index (χ4v) is 4.39. The first-order valence-electron chi connectivity index (χ1n) is 11.1. The molecule has 0 bridgehead atoms. The molecule has 0 amide bonds. The minimum atomic E-state index is -0.0211. The number of hydrogen-bond acceptors (Lipinski definition) is 2. The van der Waals surface area contributed by atoms with Crippen molar-refractivity contribution in [3.8, 4) is 28.0 Å². The number of benzene rings is 3. The van der Waals surface area contributed by atoms with Crippen LogP contribution in [0.5, 0.6) is 5.75 Å². The van der Waals surface area contributed by atoms with E-state index in [9.17, 15) is 10.2 Å². The van der Waals surface area contributed by atoms with Gasteiger partial charge in [0.1, 0.15) is 5.75 Å². The van der Waals surface area contributed by atoms with E-state index < -0.39 is 0 Å². The summed E-state index contributed by atoms with van der Waals surface area (Å²) in [4.78, 5) is 0. The average Bonchev–Trinajstić information content (AvgIpc) is 2.77. The molecule has 3 rings (SSSR count). The third-order valence-corrected chi connectivity index (χ3v) is 6.10. The Morgan fingerprint density at radius 3 is 2.10 bits per heavy atom. The number of aliphatic hydroxyl groups is 1. The summed E-state index contributed by atoms with van der Waals surface area (Å²) >= 11 is 0. The number of unbranched alkanes of at least 4 members (excludes halogenated alkanes) is 3. The average molecular weight is 403 g/mol. The maximum Gasteiger partial charge on any atom is 0.115 e. The lowest BCUT2D eigenvalue weighted by Gasteiger charge is -2.30. The lowest BCUT2D eigenvalue weighted by Crippen LogP contribution is -2.20. The van der Waals surface area contributed by atoms with Crippen molar-refractivity contribution < 1.29 is 10.2 Å². The molecule has 3 aromatic rings. The van der Waals surface area contributed by atoms with Crippen molar-refractivity contribution in [3.63, 3.8) is 0 Å². The molecule has 2 N–H and O–H groups in total. The minimum Gasteiger partial charge on any atom is -0.508 e. The topological polar surface area (TPSA) is 40.5 Å². The third kappa shape index (κ3) is 4.94. The van der Waals surface area contributed by atoms with E-state index in [1.807, 2.05) is 30.3 Å². The molecule has 0 aliphatic heterocycles. The standard InChI is InChI=1S/C28H34O2/c1-4-5-6-10-19-28(2,3)26-18-17-24(21-11-8-7-9-12-21)27(25(26)20-29)22-13-15-23(30)16-14-22/h7-9,11-18,29-30H,4-6,10,19-20H2,1-3H3. The smallest absolute Gasteiger partial charge is 0.115 e. The van der Waals surface area contributed by atoms with E-state index in [-0.39, 0.29) is 17.8 Å². The van der Waals surface area contributed by atoms with Gasteiger partial charge in [-0.15, -0.1) is 0 Å². The predicted molar refractivity (Wildman–Crippen MR) is 127 cm³/mol. The summed E-state index contributed by atoms with van der Waals surface area (Å²) in [5, 5.41) is 20.3. The van der Waals surface area contributed by atoms with Crippen LogP contribution in [0.15, 0.2) is 66.7 Å². The van der Waals surface area contributed by atoms with Gasteiger partial charge in [0, 0.05) is 0 Å². The molecule has 0 spiro atoms. The predicted octanol–water partition coefficient (Wildman–Crippen LogP) is 7.47. The Labute approximate surface area is 181 Å². The van der Waals surface area contributed by atoms with Gasteiger partial charge < -0.3 is 10.2 Å². The van der Waals surface area contributed by atoms with Gasteiger partial charge in [0.2, 0.25) is 0 Å². The second-order valence-corrected chi connectivity index (χ2v) is 8.78. The largest absolute Gasteiger partial charge is 0.508 e. The van der Waals surface area contributed by atoms with Crippen molar-refractivity contribution >= 4 is 0 Å². The molecule has 0 fully saturated rings. The van der Waals surface area contributed by atoms with Crippen LogP contribution in [0.1, 0.15) is 64.0 Å². The number of aliphatic hydroxyl groups excluding tert-OH is 1. The van der Waals surface area contributed by atoms with Gasteiger partial charge in [0.15, 0.2) is 0 Å². The molecule has 2 heteroatoms. The van der Waals surface area contributed by atoms with E-state index in [1.165, 1.54) is 31.2 Å². The molecule has 0 heterocycles. The van der Waals surface area contributed by atoms with Crippen molar-refractivity contribution in [2.45, 2.75) is 64.9 Å². The molecule has 0 aliphatic rings. The third-order valence-electron chi connectivity index (χ3n) is 6.10. The number of hydrogen-bond donors (Lipinski definition) is 2. The number of phenols is 1. The highest BCUT2D eigenvalue weighted by Gasteiger charge is 2.26. The molecular formula is C28H34O2. The quantitative estimate of drug-likeness (QED) is 0.364. The summed E-state index contributed by atoms with van der Waals surface area (Å²) in [6.07, 6.45) is 6.05. The van der Waals surface area contributed by atoms with Gasteiger partial charge in [-0.25, -0.2) is 0 Å². The van der Waals surface area contributed by atoms with E-state index in [0.717, 1.165) is 34.2 Å². The fraction of sp³-hybridized carbons (Fsp3) is 0.357. The fourth-order valence-electron chi connectivity index (χ4n) is 4.39. The molecule has 2 nitrogen and oxygen atoms in total. The molecule has 0 radical (unpaired) electrons. The normalized spacial score (nSPS) is 11.6. The van der Waals surface area contributed by atoms with Crippen LogP contribution >= 0.6 is 0 Å². The Balaban J connectivity index is 2.14. The van der Waals surface area contributed by atoms with Crippen molar-refractivity contribution in [3.05, 3.63) is 77.9 Å². The molecule has 0 unspecified atom stereocenters. The number of aromatic hydroxyl groups is 1. The number of phenolic OH excluding ortho intramolecular Hbond substituents is 1. The van der Waals surface area contributed by atoms with Crippen molar-refractivity contribution in [1.29, 1.82) is 0 Å². The van der Waals surface area contributed by atoms with Gasteiger partial charge >= 0.3 is 0 Å². The van der Waals surface area contributed by atoms with Crippen LogP contribution in [0.25, 0.3) is 22.3 Å². The van der Waals surface area contributed by atoms with Crippen LogP contribution in [0.4, 0.5) is 0 Å². The highest BCUT2D eigenvalue weighted by Crippen LogP contribution is 2.42. The summed E-state index contributed by atoms with van der Waals surface area (Å²) in [7, 11) is 0. The van der Waals surface area contributed by atoms with Crippen LogP contribution in [-0.2, 0) is 12.0 Å². The summed E-state index contributed by atoms with van der Waals surface area (Å²) < 4.78 is 0. The Morgan fingerprint density at radius 2 is 1.47 bits per heavy atom. The maximum atomic E-state index is 10.5. The minimum absolute atomic E-state index is 0.00932. The van der Waals surface area contributed by atoms with Crippen LogP contribution in [0, 0.1) is 0 Å². The van der Waals surface area contributed by atoms with Gasteiger partial charge in [-0.2, -0.15) is 0 Å². The second-order valence-electron chi connectivity index (χ2n) is 8.78. The van der Waals surface area contributed by atoms with E-state index in [2.05, 4.69) is 45.0 Å². The highest BCUT2D eigenvalue weighted by atomic mass is 16.3. The SMILES string of the molecule is CCCCCCC(C)(C)c1ccc(-c2ccccc2)c(-c2ccc(O)cc2)c1CO. The van der Waals surface area contributed by atoms with Crippen molar-refractivity contribution in [2.75, 3.05) is 0 Å². The summed E-state index contributed by atoms with van der Waals surface area (Å²) in [5.41, 5.74) is 6.49. The second kappa shape index (κ2) is 9.95. The van der Waals surface area contributed by atoms with E-state index in [0.29, 0.717) is 0 Å². The van der Waals surface area contributed by atoms with Gasteiger partial charge in [-0.05, 0) is 57.3 Å². The Hall–Kier alpha value is -2.58. The zero-order valence-corrected chi connectivity index (χ0v) is 18.5. The molecule has 0 aliphatic carbocycles. The molecule has 0 aromatic heterocycles. The molecule has 0 saturated heterocycles. The first-order valence-corrected chi connectivity index (χ1v) is 11.1. The first-order chi connectivity index (χ1) is 14.5. The van der Waals surface area contributed by atoms with Crippen molar-refractivity contribution in [1.82, 2.24) is 0 Å². The molecule has 0 atom stereocenters. The Bertz CT molecular complexity index is 940. The Kier molecular flexibility index (Phi) is 7.33. The lowest BCUT2D eigenvalue weighted by molar-refractivity contribution is 0.277. The molecular weight excluding hydrogens is 368 g/mol. The van der Waals surface area contributed by atoms with Crippen LogP contribution in [0.2, 0.25) is 0 Å². The summed E-state index contributed by atoms with van der Waals surface area (Å²) in [5.74, 6) is 0.248. The summed E-state index contributed by atoms with van der Waals surface area (Å²) in [6, 6.07) is 22.0.